The van der Waals surface area contributed by atoms with Gasteiger partial charge in [0.15, 0.2) is 0 Å². The summed E-state index contributed by atoms with van der Waals surface area (Å²) in [4.78, 5) is 13.7. The van der Waals surface area contributed by atoms with Crippen LogP contribution in [0.5, 0.6) is 5.75 Å². The van der Waals surface area contributed by atoms with E-state index in [9.17, 15) is 9.90 Å². The number of nitrogens with zero attached hydrogens (tertiary/aromatic N) is 1. The molecule has 0 bridgehead atoms. The highest BCUT2D eigenvalue weighted by Gasteiger charge is 2.39. The SMILES string of the molecule is COc1ccc2c(c1)C(N1CC(C)C(C(=O)O)C1)CCC2. The molecule has 1 fully saturated rings. The number of aryl methyl sites for hydroxylation is 1. The molecular weight excluding hydrogens is 266 g/mol. The van der Waals surface area contributed by atoms with Crippen LogP contribution in [0.4, 0.5) is 0 Å². The molecule has 3 unspecified atom stereocenters. The minimum Gasteiger partial charge on any atom is -0.497 e. The van der Waals surface area contributed by atoms with Crippen LogP contribution < -0.4 is 4.74 Å². The van der Waals surface area contributed by atoms with Gasteiger partial charge in [0.25, 0.3) is 0 Å². The molecule has 3 rings (SSSR count). The normalized spacial score (nSPS) is 29.1. The third kappa shape index (κ3) is 2.64. The number of aliphatic carboxylic acids is 1. The van der Waals surface area contributed by atoms with E-state index >= 15 is 0 Å². The number of carbonyl (C=O) groups is 1. The number of methoxy groups -OCH3 is 1. The van der Waals surface area contributed by atoms with Gasteiger partial charge in [-0.1, -0.05) is 13.0 Å². The fourth-order valence-corrected chi connectivity index (χ4v) is 3.84. The molecule has 4 heteroatoms. The lowest BCUT2D eigenvalue weighted by Crippen LogP contribution is -2.30. The summed E-state index contributed by atoms with van der Waals surface area (Å²) in [6.07, 6.45) is 3.40. The van der Waals surface area contributed by atoms with Gasteiger partial charge < -0.3 is 9.84 Å². The van der Waals surface area contributed by atoms with Crippen LogP contribution >= 0.6 is 0 Å². The Labute approximate surface area is 125 Å². The van der Waals surface area contributed by atoms with Gasteiger partial charge in [0.2, 0.25) is 0 Å². The fourth-order valence-electron chi connectivity index (χ4n) is 3.84. The third-order valence-electron chi connectivity index (χ3n) is 5.03. The summed E-state index contributed by atoms with van der Waals surface area (Å²) in [5, 5.41) is 9.33. The Bertz CT molecular complexity index is 543. The Balaban J connectivity index is 1.87. The molecule has 114 valence electrons. The van der Waals surface area contributed by atoms with Crippen LogP contribution in [0.25, 0.3) is 0 Å². The highest BCUT2D eigenvalue weighted by molar-refractivity contribution is 5.71. The fraction of sp³-hybridized carbons (Fsp3) is 0.588. The number of fused-ring (bicyclic) bond motifs is 1. The van der Waals surface area contributed by atoms with E-state index in [0.29, 0.717) is 12.6 Å². The summed E-state index contributed by atoms with van der Waals surface area (Å²) in [6.45, 7) is 3.59. The lowest BCUT2D eigenvalue weighted by atomic mass is 9.86. The van der Waals surface area contributed by atoms with Crippen LogP contribution in [0.2, 0.25) is 0 Å². The van der Waals surface area contributed by atoms with Crippen molar-refractivity contribution in [1.82, 2.24) is 4.90 Å². The molecule has 0 spiro atoms. The lowest BCUT2D eigenvalue weighted by molar-refractivity contribution is -0.142. The summed E-state index contributed by atoms with van der Waals surface area (Å²) < 4.78 is 5.36. The number of ether oxygens (including phenoxy) is 1. The molecule has 21 heavy (non-hydrogen) atoms. The average molecular weight is 289 g/mol. The van der Waals surface area contributed by atoms with Gasteiger partial charge in [-0.25, -0.2) is 0 Å². The van der Waals surface area contributed by atoms with E-state index in [1.807, 2.05) is 13.0 Å². The number of carboxylic acids is 1. The van der Waals surface area contributed by atoms with Crippen LogP contribution in [0.3, 0.4) is 0 Å². The van der Waals surface area contributed by atoms with E-state index in [1.54, 1.807) is 7.11 Å². The zero-order valence-electron chi connectivity index (χ0n) is 12.7. The van der Waals surface area contributed by atoms with Crippen molar-refractivity contribution in [2.24, 2.45) is 11.8 Å². The van der Waals surface area contributed by atoms with Crippen molar-refractivity contribution in [3.8, 4) is 5.75 Å². The van der Waals surface area contributed by atoms with Gasteiger partial charge in [-0.3, -0.25) is 9.69 Å². The Morgan fingerprint density at radius 1 is 1.38 bits per heavy atom. The standard InChI is InChI=1S/C17H23NO3/c1-11-9-18(10-15(11)17(19)20)16-5-3-4-12-6-7-13(21-2)8-14(12)16/h6-8,11,15-16H,3-5,9-10H2,1-2H3,(H,19,20). The maximum absolute atomic E-state index is 11.3. The molecule has 1 aliphatic carbocycles. The highest BCUT2D eigenvalue weighted by Crippen LogP contribution is 2.39. The predicted molar refractivity (Wildman–Crippen MR) is 80.5 cm³/mol. The van der Waals surface area contributed by atoms with Crippen molar-refractivity contribution in [2.45, 2.75) is 32.2 Å². The molecule has 1 aromatic carbocycles. The summed E-state index contributed by atoms with van der Waals surface area (Å²) in [7, 11) is 1.69. The second-order valence-corrected chi connectivity index (χ2v) is 6.35. The van der Waals surface area contributed by atoms with Crippen molar-refractivity contribution in [3.05, 3.63) is 29.3 Å². The number of likely N-dealkylation sites (tertiary alicyclic amines) is 1. The molecule has 3 atom stereocenters. The minimum absolute atomic E-state index is 0.221. The van der Waals surface area contributed by atoms with Crippen LogP contribution in [-0.2, 0) is 11.2 Å². The highest BCUT2D eigenvalue weighted by atomic mass is 16.5. The first kappa shape index (κ1) is 14.4. The van der Waals surface area contributed by atoms with E-state index in [2.05, 4.69) is 17.0 Å². The Morgan fingerprint density at radius 2 is 2.19 bits per heavy atom. The van der Waals surface area contributed by atoms with Crippen LogP contribution in [-0.4, -0.2) is 36.2 Å². The minimum atomic E-state index is -0.660. The first-order chi connectivity index (χ1) is 10.1. The Hall–Kier alpha value is -1.55. The van der Waals surface area contributed by atoms with Crippen molar-refractivity contribution in [2.75, 3.05) is 20.2 Å². The molecule has 1 saturated heterocycles. The number of carboxylic acid groups (broad SMARTS) is 1. The summed E-state index contributed by atoms with van der Waals surface area (Å²) in [6, 6.07) is 6.66. The second kappa shape index (κ2) is 5.68. The third-order valence-corrected chi connectivity index (χ3v) is 5.03. The van der Waals surface area contributed by atoms with E-state index in [4.69, 9.17) is 4.74 Å². The zero-order chi connectivity index (χ0) is 15.0. The van der Waals surface area contributed by atoms with E-state index in [-0.39, 0.29) is 11.8 Å². The van der Waals surface area contributed by atoms with Crippen molar-refractivity contribution < 1.29 is 14.6 Å². The molecule has 0 radical (unpaired) electrons. The Kier molecular flexibility index (Phi) is 3.89. The summed E-state index contributed by atoms with van der Waals surface area (Å²) in [5.41, 5.74) is 2.72. The smallest absolute Gasteiger partial charge is 0.308 e. The molecule has 2 aliphatic rings. The van der Waals surface area contributed by atoms with E-state index in [1.165, 1.54) is 17.5 Å². The zero-order valence-corrected chi connectivity index (χ0v) is 12.7. The van der Waals surface area contributed by atoms with E-state index < -0.39 is 5.97 Å². The number of benzene rings is 1. The molecule has 1 heterocycles. The van der Waals surface area contributed by atoms with Crippen LogP contribution in [0.1, 0.15) is 36.9 Å². The monoisotopic (exact) mass is 289 g/mol. The summed E-state index contributed by atoms with van der Waals surface area (Å²) >= 11 is 0. The Morgan fingerprint density at radius 3 is 2.86 bits per heavy atom. The summed E-state index contributed by atoms with van der Waals surface area (Å²) in [5.74, 6) is 0.217. The maximum Gasteiger partial charge on any atom is 0.308 e. The molecule has 1 N–H and O–H groups in total. The van der Waals surface area contributed by atoms with Gasteiger partial charge in [0.1, 0.15) is 5.75 Å². The van der Waals surface area contributed by atoms with E-state index in [0.717, 1.165) is 25.1 Å². The number of hydrogen-bond acceptors (Lipinski definition) is 3. The van der Waals surface area contributed by atoms with Gasteiger partial charge in [-0.2, -0.15) is 0 Å². The van der Waals surface area contributed by atoms with Crippen LogP contribution in [0, 0.1) is 11.8 Å². The second-order valence-electron chi connectivity index (χ2n) is 6.35. The van der Waals surface area contributed by atoms with Gasteiger partial charge >= 0.3 is 5.97 Å². The van der Waals surface area contributed by atoms with Crippen molar-refractivity contribution >= 4 is 5.97 Å². The molecular formula is C17H23NO3. The van der Waals surface area contributed by atoms with Crippen LogP contribution in [0.15, 0.2) is 18.2 Å². The largest absolute Gasteiger partial charge is 0.497 e. The van der Waals surface area contributed by atoms with Gasteiger partial charge in [0.05, 0.1) is 13.0 Å². The first-order valence-corrected chi connectivity index (χ1v) is 7.74. The maximum atomic E-state index is 11.3. The molecule has 0 aromatic heterocycles. The topological polar surface area (TPSA) is 49.8 Å². The lowest BCUT2D eigenvalue weighted by Gasteiger charge is -2.33. The predicted octanol–water partition coefficient (Wildman–Crippen LogP) is 2.73. The molecule has 4 nitrogen and oxygen atoms in total. The average Bonchev–Trinajstić information content (AvgIpc) is 2.88. The number of rotatable bonds is 3. The molecule has 0 saturated carbocycles. The number of hydrogen-bond donors (Lipinski definition) is 1. The van der Waals surface area contributed by atoms with Gasteiger partial charge in [-0.05, 0) is 48.4 Å². The first-order valence-electron chi connectivity index (χ1n) is 7.74. The van der Waals surface area contributed by atoms with Gasteiger partial charge in [-0.15, -0.1) is 0 Å². The molecule has 0 amide bonds. The molecule has 1 aliphatic heterocycles. The van der Waals surface area contributed by atoms with Crippen molar-refractivity contribution in [3.63, 3.8) is 0 Å². The van der Waals surface area contributed by atoms with Crippen molar-refractivity contribution in [1.29, 1.82) is 0 Å². The quantitative estimate of drug-likeness (QED) is 0.929. The van der Waals surface area contributed by atoms with Gasteiger partial charge in [0, 0.05) is 19.1 Å². The molecule has 1 aromatic rings.